The van der Waals surface area contributed by atoms with E-state index < -0.39 is 0 Å². The maximum atomic E-state index is 12.9. The van der Waals surface area contributed by atoms with Gasteiger partial charge < -0.3 is 10.0 Å². The minimum absolute atomic E-state index is 0.0150. The molecule has 0 spiro atoms. The van der Waals surface area contributed by atoms with Crippen molar-refractivity contribution in [2.45, 2.75) is 31.9 Å². The molecular formula is C22H28N2O2. The number of benzene rings is 2. The summed E-state index contributed by atoms with van der Waals surface area (Å²) in [4.78, 5) is 17.0. The molecule has 26 heavy (non-hydrogen) atoms. The molecule has 138 valence electrons. The van der Waals surface area contributed by atoms with Crippen LogP contribution in [0.2, 0.25) is 0 Å². The second kappa shape index (κ2) is 8.47. The van der Waals surface area contributed by atoms with E-state index in [4.69, 9.17) is 0 Å². The molecule has 1 saturated heterocycles. The first-order valence-electron chi connectivity index (χ1n) is 9.29. The van der Waals surface area contributed by atoms with Crippen molar-refractivity contribution in [2.24, 2.45) is 0 Å². The van der Waals surface area contributed by atoms with E-state index in [9.17, 15) is 9.90 Å². The van der Waals surface area contributed by atoms with Crippen molar-refractivity contribution in [3.8, 4) is 0 Å². The summed E-state index contributed by atoms with van der Waals surface area (Å²) in [5, 5.41) is 9.83. The lowest BCUT2D eigenvalue weighted by Crippen LogP contribution is -2.39. The van der Waals surface area contributed by atoms with Crippen LogP contribution in [0.1, 0.15) is 29.2 Å². The molecule has 3 rings (SSSR count). The van der Waals surface area contributed by atoms with E-state index in [0.29, 0.717) is 13.0 Å². The average Bonchev–Trinajstić information content (AvgIpc) is 3.05. The quantitative estimate of drug-likeness (QED) is 0.869. The zero-order chi connectivity index (χ0) is 18.5. The van der Waals surface area contributed by atoms with E-state index in [-0.39, 0.29) is 18.1 Å². The number of hydrogen-bond acceptors (Lipinski definition) is 3. The highest BCUT2D eigenvalue weighted by atomic mass is 16.3. The van der Waals surface area contributed by atoms with Gasteiger partial charge in [0.15, 0.2) is 0 Å². The summed E-state index contributed by atoms with van der Waals surface area (Å²) in [5.74, 6) is 0.115. The Morgan fingerprint density at radius 1 is 1.23 bits per heavy atom. The lowest BCUT2D eigenvalue weighted by Gasteiger charge is -2.32. The Hall–Kier alpha value is -2.17. The van der Waals surface area contributed by atoms with Crippen molar-refractivity contribution in [3.05, 3.63) is 71.3 Å². The molecule has 0 bridgehead atoms. The van der Waals surface area contributed by atoms with Crippen LogP contribution >= 0.6 is 0 Å². The van der Waals surface area contributed by atoms with E-state index in [0.717, 1.165) is 30.6 Å². The summed E-state index contributed by atoms with van der Waals surface area (Å²) in [6.45, 7) is 4.36. The molecule has 0 aromatic heterocycles. The third kappa shape index (κ3) is 4.71. The molecule has 4 heteroatoms. The summed E-state index contributed by atoms with van der Waals surface area (Å²) in [6.07, 6.45) is 0.965. The fraction of sp³-hybridized carbons (Fsp3) is 0.409. The number of likely N-dealkylation sites (N-methyl/N-ethyl adjacent to an activating group) is 1. The number of hydrogen-bond donors (Lipinski definition) is 1. The fourth-order valence-corrected chi connectivity index (χ4v) is 3.64. The SMILES string of the molecule is Cc1cccc(CC(=O)N(C)C(CN2CCC(O)C2)c2ccccc2)c1. The molecule has 1 fully saturated rings. The number of nitrogens with zero attached hydrogens (tertiary/aromatic N) is 2. The second-order valence-corrected chi connectivity index (χ2v) is 7.30. The minimum atomic E-state index is -0.250. The summed E-state index contributed by atoms with van der Waals surface area (Å²) < 4.78 is 0. The van der Waals surface area contributed by atoms with Gasteiger partial charge in [0.05, 0.1) is 18.6 Å². The summed E-state index contributed by atoms with van der Waals surface area (Å²) >= 11 is 0. The van der Waals surface area contributed by atoms with Crippen LogP contribution in [0.15, 0.2) is 54.6 Å². The van der Waals surface area contributed by atoms with Crippen LogP contribution in [0.25, 0.3) is 0 Å². The predicted molar refractivity (Wildman–Crippen MR) is 104 cm³/mol. The highest BCUT2D eigenvalue weighted by molar-refractivity contribution is 5.79. The predicted octanol–water partition coefficient (Wildman–Crippen LogP) is 2.80. The number of carbonyl (C=O) groups is 1. The highest BCUT2D eigenvalue weighted by Crippen LogP contribution is 2.24. The first kappa shape index (κ1) is 18.6. The van der Waals surface area contributed by atoms with Crippen molar-refractivity contribution in [3.63, 3.8) is 0 Å². The zero-order valence-electron chi connectivity index (χ0n) is 15.6. The number of rotatable bonds is 6. The standard InChI is InChI=1S/C22H28N2O2/c1-17-7-6-8-18(13-17)14-22(26)23(2)21(19-9-4-3-5-10-19)16-24-12-11-20(25)15-24/h3-10,13,20-21,25H,11-12,14-16H2,1-2H3. The Morgan fingerprint density at radius 3 is 2.65 bits per heavy atom. The Labute approximate surface area is 156 Å². The fourth-order valence-electron chi connectivity index (χ4n) is 3.64. The maximum absolute atomic E-state index is 12.9. The number of aliphatic hydroxyl groups excluding tert-OH is 1. The number of amides is 1. The van der Waals surface area contributed by atoms with Crippen LogP contribution in [-0.4, -0.2) is 53.6 Å². The molecular weight excluding hydrogens is 324 g/mol. The molecule has 1 amide bonds. The largest absolute Gasteiger partial charge is 0.392 e. The summed E-state index contributed by atoms with van der Waals surface area (Å²) in [7, 11) is 1.89. The van der Waals surface area contributed by atoms with Gasteiger partial charge in [-0.05, 0) is 24.5 Å². The van der Waals surface area contributed by atoms with Crippen molar-refractivity contribution in [1.82, 2.24) is 9.80 Å². The summed E-state index contributed by atoms with van der Waals surface area (Å²) in [5.41, 5.74) is 3.35. The monoisotopic (exact) mass is 352 g/mol. The van der Waals surface area contributed by atoms with Gasteiger partial charge in [0.25, 0.3) is 0 Å². The molecule has 4 nitrogen and oxygen atoms in total. The first-order valence-corrected chi connectivity index (χ1v) is 9.29. The number of aliphatic hydroxyl groups is 1. The van der Waals surface area contributed by atoms with Gasteiger partial charge in [-0.15, -0.1) is 0 Å². The molecule has 2 aromatic rings. The molecule has 0 radical (unpaired) electrons. The van der Waals surface area contributed by atoms with Crippen molar-refractivity contribution >= 4 is 5.91 Å². The minimum Gasteiger partial charge on any atom is -0.392 e. The van der Waals surface area contributed by atoms with Gasteiger partial charge in [0.2, 0.25) is 5.91 Å². The Kier molecular flexibility index (Phi) is 6.07. The molecule has 1 aliphatic rings. The molecule has 1 aliphatic heterocycles. The van der Waals surface area contributed by atoms with Crippen LogP contribution in [0.5, 0.6) is 0 Å². The third-order valence-electron chi connectivity index (χ3n) is 5.16. The van der Waals surface area contributed by atoms with Gasteiger partial charge in [-0.1, -0.05) is 60.2 Å². The highest BCUT2D eigenvalue weighted by Gasteiger charge is 2.28. The van der Waals surface area contributed by atoms with E-state index in [1.54, 1.807) is 0 Å². The lowest BCUT2D eigenvalue weighted by molar-refractivity contribution is -0.131. The van der Waals surface area contributed by atoms with Crippen LogP contribution in [-0.2, 0) is 11.2 Å². The van der Waals surface area contributed by atoms with Gasteiger partial charge in [-0.2, -0.15) is 0 Å². The normalized spacial score (nSPS) is 18.7. The maximum Gasteiger partial charge on any atom is 0.227 e. The van der Waals surface area contributed by atoms with Gasteiger partial charge in [-0.25, -0.2) is 0 Å². The first-order chi connectivity index (χ1) is 12.5. The van der Waals surface area contributed by atoms with Crippen LogP contribution in [0.4, 0.5) is 0 Å². The lowest BCUT2D eigenvalue weighted by atomic mass is 10.0. The topological polar surface area (TPSA) is 43.8 Å². The van der Waals surface area contributed by atoms with Gasteiger partial charge in [-0.3, -0.25) is 9.69 Å². The van der Waals surface area contributed by atoms with E-state index in [1.807, 2.05) is 55.3 Å². The van der Waals surface area contributed by atoms with E-state index in [2.05, 4.69) is 23.1 Å². The Balaban J connectivity index is 1.75. The smallest absolute Gasteiger partial charge is 0.227 e. The summed E-state index contributed by atoms with van der Waals surface area (Å²) in [6, 6.07) is 18.3. The molecule has 1 heterocycles. The van der Waals surface area contributed by atoms with Gasteiger partial charge in [0.1, 0.15) is 0 Å². The molecule has 1 N–H and O–H groups in total. The zero-order valence-corrected chi connectivity index (χ0v) is 15.6. The van der Waals surface area contributed by atoms with Crippen molar-refractivity contribution < 1.29 is 9.90 Å². The molecule has 0 saturated carbocycles. The van der Waals surface area contributed by atoms with E-state index in [1.165, 1.54) is 5.56 Å². The number of β-amino-alcohol motifs (C(OH)–C–C–N with tert-alkyl or cyclic N) is 1. The number of aryl methyl sites for hydroxylation is 1. The number of likely N-dealkylation sites (tertiary alicyclic amines) is 1. The van der Waals surface area contributed by atoms with Crippen molar-refractivity contribution in [1.29, 1.82) is 0 Å². The van der Waals surface area contributed by atoms with Crippen LogP contribution in [0, 0.1) is 6.92 Å². The van der Waals surface area contributed by atoms with Gasteiger partial charge in [0, 0.05) is 26.7 Å². The molecule has 2 atom stereocenters. The van der Waals surface area contributed by atoms with Crippen LogP contribution in [0.3, 0.4) is 0 Å². The third-order valence-corrected chi connectivity index (χ3v) is 5.16. The second-order valence-electron chi connectivity index (χ2n) is 7.30. The average molecular weight is 352 g/mol. The van der Waals surface area contributed by atoms with Crippen LogP contribution < -0.4 is 0 Å². The Bertz CT molecular complexity index is 732. The van der Waals surface area contributed by atoms with Gasteiger partial charge >= 0.3 is 0 Å². The molecule has 2 aromatic carbocycles. The van der Waals surface area contributed by atoms with Crippen molar-refractivity contribution in [2.75, 3.05) is 26.7 Å². The molecule has 0 aliphatic carbocycles. The number of carbonyl (C=O) groups excluding carboxylic acids is 1. The van der Waals surface area contributed by atoms with E-state index >= 15 is 0 Å². The molecule has 2 unspecified atom stereocenters. The Morgan fingerprint density at radius 2 is 2.00 bits per heavy atom.